The first-order chi connectivity index (χ1) is 17.9. The van der Waals surface area contributed by atoms with Gasteiger partial charge in [0.2, 0.25) is 0 Å². The molecule has 2 amide bonds. The van der Waals surface area contributed by atoms with Crippen LogP contribution in [0.4, 0.5) is 5.69 Å². The predicted octanol–water partition coefficient (Wildman–Crippen LogP) is 4.65. The summed E-state index contributed by atoms with van der Waals surface area (Å²) in [5.74, 6) is 0.282. The Morgan fingerprint density at radius 1 is 0.946 bits per heavy atom. The number of amides is 2. The maximum Gasteiger partial charge on any atom is 0.256 e. The molecule has 0 saturated carbocycles. The van der Waals surface area contributed by atoms with Gasteiger partial charge in [-0.3, -0.25) is 9.59 Å². The van der Waals surface area contributed by atoms with Crippen molar-refractivity contribution in [2.75, 3.05) is 5.32 Å². The Kier molecular flexibility index (Phi) is 6.81. The maximum atomic E-state index is 12.7. The van der Waals surface area contributed by atoms with Crippen molar-refractivity contribution in [3.63, 3.8) is 0 Å². The molecule has 5 rings (SSSR count). The highest BCUT2D eigenvalue weighted by Gasteiger charge is 2.16. The summed E-state index contributed by atoms with van der Waals surface area (Å²) in [7, 11) is 0. The van der Waals surface area contributed by atoms with Gasteiger partial charge in [0.15, 0.2) is 0 Å². The lowest BCUT2D eigenvalue weighted by molar-refractivity contribution is 0.0949. The fourth-order valence-electron chi connectivity index (χ4n) is 4.75. The molecule has 0 fully saturated rings. The van der Waals surface area contributed by atoms with Crippen LogP contribution in [0.5, 0.6) is 0 Å². The van der Waals surface area contributed by atoms with Gasteiger partial charge in [0, 0.05) is 22.5 Å². The van der Waals surface area contributed by atoms with E-state index >= 15 is 0 Å². The van der Waals surface area contributed by atoms with Gasteiger partial charge in [-0.2, -0.15) is 5.10 Å². The number of benzene rings is 2. The number of carbonyl (C=O) groups excluding carboxylic acids is 2. The first-order valence-corrected chi connectivity index (χ1v) is 12.5. The molecule has 0 bridgehead atoms. The van der Waals surface area contributed by atoms with Crippen LogP contribution < -0.4 is 10.6 Å². The Labute approximate surface area is 216 Å². The topological polar surface area (TPSA) is 102 Å². The van der Waals surface area contributed by atoms with Crippen molar-refractivity contribution in [3.8, 4) is 5.69 Å². The molecule has 1 aliphatic carbocycles. The largest absolute Gasteiger partial charge is 0.345 e. The van der Waals surface area contributed by atoms with E-state index in [0.29, 0.717) is 22.6 Å². The second kappa shape index (κ2) is 10.3. The first kappa shape index (κ1) is 24.4. The van der Waals surface area contributed by atoms with Crippen LogP contribution in [0.15, 0.2) is 54.9 Å². The van der Waals surface area contributed by atoms with Crippen molar-refractivity contribution in [3.05, 3.63) is 99.9 Å². The molecular formula is C29H30N6O2. The zero-order valence-electron chi connectivity index (χ0n) is 21.3. The molecular weight excluding hydrogens is 464 g/mol. The van der Waals surface area contributed by atoms with Gasteiger partial charge in [-0.25, -0.2) is 14.6 Å². The van der Waals surface area contributed by atoms with E-state index in [1.165, 1.54) is 12.0 Å². The fourth-order valence-corrected chi connectivity index (χ4v) is 4.75. The second-order valence-electron chi connectivity index (χ2n) is 9.53. The zero-order chi connectivity index (χ0) is 25.9. The molecule has 37 heavy (non-hydrogen) atoms. The highest BCUT2D eigenvalue weighted by Crippen LogP contribution is 2.22. The number of aryl methyl sites for hydroxylation is 4. The van der Waals surface area contributed by atoms with E-state index in [4.69, 9.17) is 0 Å². The first-order valence-electron chi connectivity index (χ1n) is 12.5. The fraction of sp³-hybridized carbons (Fsp3) is 0.276. The molecule has 2 aromatic heterocycles. The highest BCUT2D eigenvalue weighted by atomic mass is 16.2. The van der Waals surface area contributed by atoms with Crippen molar-refractivity contribution in [1.82, 2.24) is 25.1 Å². The van der Waals surface area contributed by atoms with E-state index in [1.807, 2.05) is 51.1 Å². The van der Waals surface area contributed by atoms with Gasteiger partial charge < -0.3 is 10.6 Å². The monoisotopic (exact) mass is 494 g/mol. The molecule has 0 aliphatic heterocycles. The Bertz CT molecular complexity index is 1470. The smallest absolute Gasteiger partial charge is 0.256 e. The van der Waals surface area contributed by atoms with Crippen LogP contribution in [0, 0.1) is 20.8 Å². The predicted molar refractivity (Wildman–Crippen MR) is 142 cm³/mol. The molecule has 1 aliphatic rings. The van der Waals surface area contributed by atoms with Gasteiger partial charge in [-0.05, 0) is 87.9 Å². The third-order valence-corrected chi connectivity index (χ3v) is 6.70. The van der Waals surface area contributed by atoms with Crippen molar-refractivity contribution in [1.29, 1.82) is 0 Å². The average molecular weight is 495 g/mol. The van der Waals surface area contributed by atoms with Crippen LogP contribution >= 0.6 is 0 Å². The summed E-state index contributed by atoms with van der Waals surface area (Å²) in [6.07, 6.45) is 7.69. The van der Waals surface area contributed by atoms with E-state index < -0.39 is 0 Å². The standard InChI is InChI=1S/C29H30N6O2/c1-18-8-13-24(19(2)14-18)29(37)33-22-15-31-35(17-22)23-11-9-21(10-12-23)28(36)30-16-27-32-20(3)25-6-4-5-7-26(25)34-27/h8-15,17H,4-7,16H2,1-3H3,(H,30,36)(H,33,37). The lowest BCUT2D eigenvalue weighted by Crippen LogP contribution is -2.25. The maximum absolute atomic E-state index is 12.7. The summed E-state index contributed by atoms with van der Waals surface area (Å²) in [6.45, 7) is 6.23. The van der Waals surface area contributed by atoms with Crippen molar-refractivity contribution < 1.29 is 9.59 Å². The molecule has 0 atom stereocenters. The van der Waals surface area contributed by atoms with Crippen LogP contribution in [0.1, 0.15) is 67.5 Å². The summed E-state index contributed by atoms with van der Waals surface area (Å²) in [5.41, 5.74) is 7.97. The Hall–Kier alpha value is -4.33. The summed E-state index contributed by atoms with van der Waals surface area (Å²) in [4.78, 5) is 34.6. The lowest BCUT2D eigenvalue weighted by atomic mass is 9.95. The van der Waals surface area contributed by atoms with Crippen LogP contribution in [-0.4, -0.2) is 31.6 Å². The summed E-state index contributed by atoms with van der Waals surface area (Å²) in [5, 5.41) is 10.2. The summed E-state index contributed by atoms with van der Waals surface area (Å²) >= 11 is 0. The number of nitrogens with one attached hydrogen (secondary N) is 2. The highest BCUT2D eigenvalue weighted by molar-refractivity contribution is 6.05. The number of aromatic nitrogens is 4. The molecule has 8 nitrogen and oxygen atoms in total. The van der Waals surface area contributed by atoms with Gasteiger partial charge in [-0.15, -0.1) is 0 Å². The molecule has 188 valence electrons. The van der Waals surface area contributed by atoms with Crippen LogP contribution in [0.25, 0.3) is 5.69 Å². The van der Waals surface area contributed by atoms with Gasteiger partial charge in [0.05, 0.1) is 30.3 Å². The Morgan fingerprint density at radius 3 is 2.51 bits per heavy atom. The lowest BCUT2D eigenvalue weighted by Gasteiger charge is -2.17. The van der Waals surface area contributed by atoms with Crippen molar-refractivity contribution in [2.24, 2.45) is 0 Å². The number of hydrogen-bond donors (Lipinski definition) is 2. The summed E-state index contributed by atoms with van der Waals surface area (Å²) in [6, 6.07) is 12.9. The normalized spacial score (nSPS) is 12.6. The zero-order valence-corrected chi connectivity index (χ0v) is 21.3. The van der Waals surface area contributed by atoms with E-state index in [2.05, 4.69) is 25.7 Å². The Morgan fingerprint density at radius 2 is 1.73 bits per heavy atom. The number of carbonyl (C=O) groups is 2. The van der Waals surface area contributed by atoms with Crippen molar-refractivity contribution in [2.45, 2.75) is 53.0 Å². The molecule has 2 aromatic carbocycles. The number of nitrogens with zero attached hydrogens (tertiary/aromatic N) is 4. The molecule has 8 heteroatoms. The number of fused-ring (bicyclic) bond motifs is 1. The van der Waals surface area contributed by atoms with E-state index in [-0.39, 0.29) is 18.4 Å². The van der Waals surface area contributed by atoms with Crippen molar-refractivity contribution >= 4 is 17.5 Å². The van der Waals surface area contributed by atoms with Crippen LogP contribution in [0.2, 0.25) is 0 Å². The quantitative estimate of drug-likeness (QED) is 0.406. The molecule has 0 radical (unpaired) electrons. The van der Waals surface area contributed by atoms with Gasteiger partial charge in [0.25, 0.3) is 11.8 Å². The molecule has 0 unspecified atom stereocenters. The third kappa shape index (κ3) is 5.43. The van der Waals surface area contributed by atoms with Crippen LogP contribution in [-0.2, 0) is 19.4 Å². The number of hydrogen-bond acceptors (Lipinski definition) is 5. The molecule has 2 heterocycles. The SMILES string of the molecule is Cc1ccc(C(=O)Nc2cnn(-c3ccc(C(=O)NCc4nc(C)c5c(n4)CCCC5)cc3)c2)c(C)c1. The Balaban J connectivity index is 1.21. The molecule has 2 N–H and O–H groups in total. The van der Waals surface area contributed by atoms with E-state index in [9.17, 15) is 9.59 Å². The minimum atomic E-state index is -0.188. The molecule has 0 saturated heterocycles. The number of rotatable bonds is 6. The molecule has 4 aromatic rings. The van der Waals surface area contributed by atoms with Gasteiger partial charge >= 0.3 is 0 Å². The molecule has 0 spiro atoms. The number of anilines is 1. The van der Waals surface area contributed by atoms with Gasteiger partial charge in [-0.1, -0.05) is 17.7 Å². The summed E-state index contributed by atoms with van der Waals surface area (Å²) < 4.78 is 1.66. The third-order valence-electron chi connectivity index (χ3n) is 6.70. The van der Waals surface area contributed by atoms with E-state index in [0.717, 1.165) is 47.5 Å². The van der Waals surface area contributed by atoms with Gasteiger partial charge in [0.1, 0.15) is 5.82 Å². The minimum absolute atomic E-state index is 0.179. The average Bonchev–Trinajstić information content (AvgIpc) is 3.35. The van der Waals surface area contributed by atoms with Crippen LogP contribution in [0.3, 0.4) is 0 Å². The van der Waals surface area contributed by atoms with E-state index in [1.54, 1.807) is 29.2 Å². The minimum Gasteiger partial charge on any atom is -0.345 e. The second-order valence-corrected chi connectivity index (χ2v) is 9.53.